The maximum absolute atomic E-state index is 12.3. The molecule has 1 atom stereocenters. The van der Waals surface area contributed by atoms with E-state index >= 15 is 0 Å². The van der Waals surface area contributed by atoms with Gasteiger partial charge in [0.1, 0.15) is 5.60 Å². The highest BCUT2D eigenvalue weighted by atomic mass is 32.1. The van der Waals surface area contributed by atoms with Crippen molar-refractivity contribution in [3.63, 3.8) is 0 Å². The number of ether oxygens (including phenoxy) is 1. The first-order chi connectivity index (χ1) is 9.53. The number of hydrogen-bond acceptors (Lipinski definition) is 5. The van der Waals surface area contributed by atoms with Crippen LogP contribution in [0.5, 0.6) is 0 Å². The average Bonchev–Trinajstić information content (AvgIpc) is 2.68. The molecule has 0 fully saturated rings. The number of carboxylic acids is 1. The van der Waals surface area contributed by atoms with Crippen LogP contribution in [0, 0.1) is 6.92 Å². The monoisotopic (exact) mass is 314 g/mol. The van der Waals surface area contributed by atoms with E-state index in [0.29, 0.717) is 5.69 Å². The summed E-state index contributed by atoms with van der Waals surface area (Å²) < 4.78 is 5.32. The van der Waals surface area contributed by atoms with Crippen molar-refractivity contribution in [2.24, 2.45) is 0 Å². The summed E-state index contributed by atoms with van der Waals surface area (Å²) in [6.45, 7) is 10.5. The molecule has 1 heterocycles. The van der Waals surface area contributed by atoms with E-state index in [4.69, 9.17) is 4.74 Å². The fraction of sp³-hybridized carbons (Fsp3) is 0.643. The number of rotatable bonds is 4. The molecule has 1 amide bonds. The van der Waals surface area contributed by atoms with Crippen molar-refractivity contribution in [3.8, 4) is 0 Å². The third kappa shape index (κ3) is 4.70. The van der Waals surface area contributed by atoms with E-state index in [1.807, 2.05) is 0 Å². The largest absolute Gasteiger partial charge is 0.479 e. The predicted molar refractivity (Wildman–Crippen MR) is 80.4 cm³/mol. The Morgan fingerprint density at radius 1 is 1.38 bits per heavy atom. The Labute approximate surface area is 128 Å². The van der Waals surface area contributed by atoms with Crippen LogP contribution in [0.15, 0.2) is 5.38 Å². The lowest BCUT2D eigenvalue weighted by Crippen LogP contribution is -2.46. The topological polar surface area (TPSA) is 79.7 Å². The molecule has 0 saturated heterocycles. The molecule has 6 nitrogen and oxygen atoms in total. The van der Waals surface area contributed by atoms with Crippen LogP contribution in [0.3, 0.4) is 0 Å². The van der Waals surface area contributed by atoms with Gasteiger partial charge in [-0.05, 0) is 41.5 Å². The normalized spacial score (nSPS) is 13.1. The first-order valence-electron chi connectivity index (χ1n) is 6.69. The van der Waals surface area contributed by atoms with Crippen LogP contribution in [0.2, 0.25) is 0 Å². The molecule has 1 aromatic heterocycles. The van der Waals surface area contributed by atoms with Crippen molar-refractivity contribution >= 4 is 23.4 Å². The zero-order chi connectivity index (χ0) is 16.4. The number of nitrogens with zero attached hydrogens (tertiary/aromatic N) is 2. The number of aromatic nitrogens is 1. The Morgan fingerprint density at radius 2 is 1.95 bits per heavy atom. The maximum atomic E-state index is 12.3. The lowest BCUT2D eigenvalue weighted by Gasteiger charge is -2.33. The van der Waals surface area contributed by atoms with E-state index in [9.17, 15) is 14.7 Å². The third-order valence-electron chi connectivity index (χ3n) is 2.59. The Bertz CT molecular complexity index is 519. The zero-order valence-electron chi connectivity index (χ0n) is 13.2. The molecule has 118 valence electrons. The van der Waals surface area contributed by atoms with Gasteiger partial charge in [0.15, 0.2) is 6.04 Å². The van der Waals surface area contributed by atoms with Gasteiger partial charge in [0.2, 0.25) is 0 Å². The van der Waals surface area contributed by atoms with E-state index in [0.717, 1.165) is 5.01 Å². The predicted octanol–water partition coefficient (Wildman–Crippen LogP) is 3.22. The number of aliphatic carboxylic acids is 1. The van der Waals surface area contributed by atoms with E-state index in [-0.39, 0.29) is 6.04 Å². The number of carboxylic acid groups (broad SMARTS) is 1. The van der Waals surface area contributed by atoms with E-state index < -0.39 is 23.7 Å². The van der Waals surface area contributed by atoms with Crippen LogP contribution < -0.4 is 0 Å². The van der Waals surface area contributed by atoms with Crippen LogP contribution in [0.4, 0.5) is 4.79 Å². The number of carbonyl (C=O) groups is 2. The second-order valence-electron chi connectivity index (χ2n) is 6.01. The van der Waals surface area contributed by atoms with Crippen LogP contribution in [0.25, 0.3) is 0 Å². The van der Waals surface area contributed by atoms with E-state index in [1.165, 1.54) is 16.2 Å². The van der Waals surface area contributed by atoms with Gasteiger partial charge in [0.25, 0.3) is 0 Å². The van der Waals surface area contributed by atoms with Gasteiger partial charge in [-0.2, -0.15) is 0 Å². The fourth-order valence-corrected chi connectivity index (χ4v) is 2.45. The molecule has 0 saturated carbocycles. The van der Waals surface area contributed by atoms with Crippen molar-refractivity contribution in [3.05, 3.63) is 16.1 Å². The molecule has 0 aliphatic rings. The highest BCUT2D eigenvalue weighted by Crippen LogP contribution is 2.27. The third-order valence-corrected chi connectivity index (χ3v) is 3.38. The number of amides is 1. The molecule has 0 aromatic carbocycles. The average molecular weight is 314 g/mol. The Hall–Kier alpha value is -1.63. The molecular formula is C14H22N2O4S. The van der Waals surface area contributed by atoms with Crippen LogP contribution in [-0.2, 0) is 9.53 Å². The molecule has 0 spiro atoms. The summed E-state index contributed by atoms with van der Waals surface area (Å²) in [5, 5.41) is 11.9. The maximum Gasteiger partial charge on any atom is 0.411 e. The summed E-state index contributed by atoms with van der Waals surface area (Å²) in [5.74, 6) is -1.13. The standard InChI is InChI=1S/C14H22N2O4S/c1-8(2)16(13(19)20-14(4,5)6)11(12(17)18)10-7-21-9(3)15-10/h7-8,11H,1-6H3,(H,17,18). The summed E-state index contributed by atoms with van der Waals surface area (Å²) in [4.78, 5) is 29.4. The quantitative estimate of drug-likeness (QED) is 0.923. The molecule has 0 aliphatic heterocycles. The number of thiazole rings is 1. The lowest BCUT2D eigenvalue weighted by molar-refractivity contribution is -0.144. The van der Waals surface area contributed by atoms with E-state index in [2.05, 4.69) is 4.98 Å². The number of hydrogen-bond donors (Lipinski definition) is 1. The second kappa shape index (κ2) is 6.43. The summed E-state index contributed by atoms with van der Waals surface area (Å²) >= 11 is 1.35. The first-order valence-corrected chi connectivity index (χ1v) is 7.57. The minimum absolute atomic E-state index is 0.331. The van der Waals surface area contributed by atoms with Gasteiger partial charge in [-0.3, -0.25) is 4.90 Å². The summed E-state index contributed by atoms with van der Waals surface area (Å²) in [6.07, 6.45) is -0.657. The molecular weight excluding hydrogens is 292 g/mol. The second-order valence-corrected chi connectivity index (χ2v) is 7.08. The van der Waals surface area contributed by atoms with Crippen molar-refractivity contribution in [2.45, 2.75) is 59.2 Å². The molecule has 1 N–H and O–H groups in total. The molecule has 0 aliphatic carbocycles. The highest BCUT2D eigenvalue weighted by Gasteiger charge is 2.37. The van der Waals surface area contributed by atoms with Crippen molar-refractivity contribution in [1.82, 2.24) is 9.88 Å². The molecule has 1 rings (SSSR count). The minimum atomic E-state index is -1.15. The summed E-state index contributed by atoms with van der Waals surface area (Å²) in [6, 6.07) is -1.48. The van der Waals surface area contributed by atoms with Crippen LogP contribution >= 0.6 is 11.3 Å². The molecule has 1 aromatic rings. The fourth-order valence-electron chi connectivity index (χ4n) is 1.82. The van der Waals surface area contributed by atoms with Crippen molar-refractivity contribution in [2.75, 3.05) is 0 Å². The van der Waals surface area contributed by atoms with Gasteiger partial charge in [-0.1, -0.05) is 0 Å². The molecule has 0 bridgehead atoms. The van der Waals surface area contributed by atoms with Gasteiger partial charge >= 0.3 is 12.1 Å². The van der Waals surface area contributed by atoms with Gasteiger partial charge in [-0.15, -0.1) is 11.3 Å². The first kappa shape index (κ1) is 17.4. The minimum Gasteiger partial charge on any atom is -0.479 e. The van der Waals surface area contributed by atoms with Gasteiger partial charge in [0.05, 0.1) is 10.7 Å². The number of carbonyl (C=O) groups excluding carboxylic acids is 1. The van der Waals surface area contributed by atoms with Crippen LogP contribution in [-0.4, -0.2) is 38.7 Å². The molecule has 1 unspecified atom stereocenters. The SMILES string of the molecule is Cc1nc(C(C(=O)O)N(C(=O)OC(C)(C)C)C(C)C)cs1. The molecule has 7 heteroatoms. The Morgan fingerprint density at radius 3 is 2.29 bits per heavy atom. The van der Waals surface area contributed by atoms with Gasteiger partial charge < -0.3 is 9.84 Å². The van der Waals surface area contributed by atoms with Crippen LogP contribution in [0.1, 0.15) is 51.4 Å². The molecule has 21 heavy (non-hydrogen) atoms. The van der Waals surface area contributed by atoms with Crippen molar-refractivity contribution < 1.29 is 19.4 Å². The van der Waals surface area contributed by atoms with Gasteiger partial charge in [0, 0.05) is 11.4 Å². The van der Waals surface area contributed by atoms with E-state index in [1.54, 1.807) is 46.9 Å². The van der Waals surface area contributed by atoms with Crippen molar-refractivity contribution in [1.29, 1.82) is 0 Å². The smallest absolute Gasteiger partial charge is 0.411 e. The lowest BCUT2D eigenvalue weighted by atomic mass is 10.1. The van der Waals surface area contributed by atoms with Gasteiger partial charge in [-0.25, -0.2) is 14.6 Å². The summed E-state index contributed by atoms with van der Waals surface area (Å²) in [5.41, 5.74) is -0.338. The Balaban J connectivity index is 3.16. The Kier molecular flexibility index (Phi) is 5.33. The zero-order valence-corrected chi connectivity index (χ0v) is 14.0. The number of aryl methyl sites for hydroxylation is 1. The summed E-state index contributed by atoms with van der Waals surface area (Å²) in [7, 11) is 0. The highest BCUT2D eigenvalue weighted by molar-refractivity contribution is 7.09. The molecule has 0 radical (unpaired) electrons.